The van der Waals surface area contributed by atoms with Crippen molar-refractivity contribution in [1.29, 1.82) is 0 Å². The van der Waals surface area contributed by atoms with Gasteiger partial charge in [0, 0.05) is 38.2 Å². The SMILES string of the molecule is COc1cc(F)c(C(=O)N2CCc3c(cccc3[C@H](CC(=O)O)c3cc(OC)c4c(c3)nnn4C)C2)c(F)c1. The average molecular weight is 537 g/mol. The Morgan fingerprint density at radius 3 is 2.51 bits per heavy atom. The van der Waals surface area contributed by atoms with Gasteiger partial charge < -0.3 is 19.5 Å². The van der Waals surface area contributed by atoms with Crippen LogP contribution in [0.1, 0.15) is 45.0 Å². The Morgan fingerprint density at radius 2 is 1.85 bits per heavy atom. The van der Waals surface area contributed by atoms with Crippen LogP contribution < -0.4 is 9.47 Å². The zero-order valence-electron chi connectivity index (χ0n) is 21.6. The van der Waals surface area contributed by atoms with E-state index in [0.29, 0.717) is 28.8 Å². The van der Waals surface area contributed by atoms with Crippen LogP contribution in [0.15, 0.2) is 42.5 Å². The van der Waals surface area contributed by atoms with Crippen molar-refractivity contribution < 1.29 is 33.0 Å². The van der Waals surface area contributed by atoms with Gasteiger partial charge >= 0.3 is 5.97 Å². The molecule has 0 unspecified atom stereocenters. The Morgan fingerprint density at radius 1 is 1.10 bits per heavy atom. The van der Waals surface area contributed by atoms with Gasteiger partial charge in [0.15, 0.2) is 0 Å². The predicted molar refractivity (Wildman–Crippen MR) is 137 cm³/mol. The molecule has 1 aliphatic rings. The van der Waals surface area contributed by atoms with Gasteiger partial charge in [-0.05, 0) is 40.8 Å². The fourth-order valence-electron chi connectivity index (χ4n) is 5.28. The lowest BCUT2D eigenvalue weighted by Crippen LogP contribution is -2.37. The van der Waals surface area contributed by atoms with E-state index in [2.05, 4.69) is 10.3 Å². The summed E-state index contributed by atoms with van der Waals surface area (Å²) in [6, 6.07) is 11.1. The number of carbonyl (C=O) groups is 2. The van der Waals surface area contributed by atoms with Gasteiger partial charge in [0.2, 0.25) is 0 Å². The lowest BCUT2D eigenvalue weighted by atomic mass is 9.82. The first-order valence-corrected chi connectivity index (χ1v) is 12.2. The van der Waals surface area contributed by atoms with E-state index in [1.807, 2.05) is 18.2 Å². The van der Waals surface area contributed by atoms with Crippen molar-refractivity contribution in [3.05, 3.63) is 81.9 Å². The van der Waals surface area contributed by atoms with Gasteiger partial charge in [-0.3, -0.25) is 9.59 Å². The molecule has 11 heteroatoms. The molecule has 1 N–H and O–H groups in total. The quantitative estimate of drug-likeness (QED) is 0.380. The molecule has 0 fully saturated rings. The van der Waals surface area contributed by atoms with E-state index in [0.717, 1.165) is 28.8 Å². The van der Waals surface area contributed by atoms with Crippen molar-refractivity contribution in [2.75, 3.05) is 20.8 Å². The Hall–Kier alpha value is -4.54. The highest BCUT2D eigenvalue weighted by Crippen LogP contribution is 2.38. The largest absolute Gasteiger partial charge is 0.497 e. The molecule has 1 aromatic heterocycles. The number of hydrogen-bond donors (Lipinski definition) is 1. The number of fused-ring (bicyclic) bond motifs is 2. The molecule has 5 rings (SSSR count). The van der Waals surface area contributed by atoms with Crippen molar-refractivity contribution in [1.82, 2.24) is 19.9 Å². The van der Waals surface area contributed by atoms with Crippen LogP contribution >= 0.6 is 0 Å². The minimum absolute atomic E-state index is 0.0176. The third-order valence-corrected chi connectivity index (χ3v) is 7.12. The number of amides is 1. The molecule has 1 aliphatic heterocycles. The van der Waals surface area contributed by atoms with Crippen molar-refractivity contribution in [2.24, 2.45) is 7.05 Å². The Balaban J connectivity index is 1.52. The summed E-state index contributed by atoms with van der Waals surface area (Å²) in [5.74, 6) is -3.75. The third kappa shape index (κ3) is 4.75. The fourth-order valence-corrected chi connectivity index (χ4v) is 5.28. The maximum absolute atomic E-state index is 14.6. The number of benzene rings is 3. The molecule has 0 bridgehead atoms. The summed E-state index contributed by atoms with van der Waals surface area (Å²) in [4.78, 5) is 26.5. The molecule has 0 aliphatic carbocycles. The van der Waals surface area contributed by atoms with Gasteiger partial charge in [-0.25, -0.2) is 13.5 Å². The van der Waals surface area contributed by atoms with E-state index in [4.69, 9.17) is 9.47 Å². The number of aliphatic carboxylic acids is 1. The second kappa shape index (κ2) is 10.3. The number of aromatic nitrogens is 3. The van der Waals surface area contributed by atoms with Gasteiger partial charge in [-0.15, -0.1) is 5.10 Å². The number of rotatable bonds is 7. The second-order valence-electron chi connectivity index (χ2n) is 9.38. The van der Waals surface area contributed by atoms with E-state index in [-0.39, 0.29) is 25.3 Å². The normalized spacial score (nSPS) is 13.7. The summed E-state index contributed by atoms with van der Waals surface area (Å²) >= 11 is 0. The summed E-state index contributed by atoms with van der Waals surface area (Å²) < 4.78 is 41.3. The summed E-state index contributed by atoms with van der Waals surface area (Å²) in [6.07, 6.45) is 0.202. The molecule has 0 saturated carbocycles. The monoisotopic (exact) mass is 536 g/mol. The number of methoxy groups -OCH3 is 2. The molecule has 9 nitrogen and oxygen atoms in total. The zero-order valence-corrected chi connectivity index (χ0v) is 21.6. The molecule has 0 saturated heterocycles. The van der Waals surface area contributed by atoms with Gasteiger partial charge in [-0.1, -0.05) is 23.4 Å². The lowest BCUT2D eigenvalue weighted by molar-refractivity contribution is -0.137. The van der Waals surface area contributed by atoms with Crippen LogP contribution in [-0.2, 0) is 24.8 Å². The average Bonchev–Trinajstić information content (AvgIpc) is 3.30. The first-order chi connectivity index (χ1) is 18.7. The minimum Gasteiger partial charge on any atom is -0.497 e. The standard InChI is InChI=1S/C28H26F2N4O5/c1-33-27-23(31-32-33)9-16(10-24(27)39-3)20(13-25(35)36)19-6-4-5-15-14-34(8-7-18(15)19)28(37)26-21(29)11-17(38-2)12-22(26)30/h4-6,9-12,20H,7-8,13-14H2,1-3H3,(H,35,36)/t20-/m1/s1. The Bertz CT molecular complexity index is 1580. The second-order valence-corrected chi connectivity index (χ2v) is 9.38. The predicted octanol–water partition coefficient (Wildman–Crippen LogP) is 4.07. The Kier molecular flexibility index (Phi) is 6.90. The van der Waals surface area contributed by atoms with E-state index in [1.165, 1.54) is 19.1 Å². The Labute approximate surface area is 222 Å². The molecule has 39 heavy (non-hydrogen) atoms. The first kappa shape index (κ1) is 26.1. The van der Waals surface area contributed by atoms with Crippen LogP contribution in [0, 0.1) is 11.6 Å². The maximum Gasteiger partial charge on any atom is 0.304 e. The first-order valence-electron chi connectivity index (χ1n) is 12.2. The number of aryl methyl sites for hydroxylation is 1. The fraction of sp³-hybridized carbons (Fsp3) is 0.286. The molecule has 1 atom stereocenters. The molecule has 2 heterocycles. The molecule has 3 aromatic carbocycles. The van der Waals surface area contributed by atoms with E-state index >= 15 is 0 Å². The molecule has 0 spiro atoms. The minimum atomic E-state index is -0.994. The van der Waals surface area contributed by atoms with Crippen LogP contribution in [0.25, 0.3) is 11.0 Å². The maximum atomic E-state index is 14.6. The van der Waals surface area contributed by atoms with Crippen molar-refractivity contribution in [3.63, 3.8) is 0 Å². The number of ether oxygens (including phenoxy) is 2. The highest BCUT2D eigenvalue weighted by atomic mass is 19.1. The van der Waals surface area contributed by atoms with Crippen molar-refractivity contribution in [3.8, 4) is 11.5 Å². The van der Waals surface area contributed by atoms with Crippen LogP contribution in [0.2, 0.25) is 0 Å². The number of nitrogens with zero attached hydrogens (tertiary/aromatic N) is 4. The number of carboxylic acids is 1. The van der Waals surface area contributed by atoms with Crippen molar-refractivity contribution in [2.45, 2.75) is 25.3 Å². The summed E-state index contributed by atoms with van der Waals surface area (Å²) in [6.45, 7) is 0.333. The number of halogens is 2. The number of carbonyl (C=O) groups excluding carboxylic acids is 1. The molecule has 4 aromatic rings. The van der Waals surface area contributed by atoms with Crippen molar-refractivity contribution >= 4 is 22.9 Å². The van der Waals surface area contributed by atoms with Gasteiger partial charge in [0.05, 0.1) is 20.6 Å². The summed E-state index contributed by atoms with van der Waals surface area (Å²) in [5.41, 5.74) is 3.82. The third-order valence-electron chi connectivity index (χ3n) is 7.12. The molecule has 1 amide bonds. The van der Waals surface area contributed by atoms with Crippen LogP contribution in [-0.4, -0.2) is 57.6 Å². The van der Waals surface area contributed by atoms with Crippen LogP contribution in [0.4, 0.5) is 8.78 Å². The highest BCUT2D eigenvalue weighted by molar-refractivity contribution is 5.95. The highest BCUT2D eigenvalue weighted by Gasteiger charge is 2.30. The summed E-state index contributed by atoms with van der Waals surface area (Å²) in [7, 11) is 4.56. The lowest BCUT2D eigenvalue weighted by Gasteiger charge is -2.32. The van der Waals surface area contributed by atoms with Gasteiger partial charge in [-0.2, -0.15) is 0 Å². The number of carboxylic acid groups (broad SMARTS) is 1. The molecule has 202 valence electrons. The topological polar surface area (TPSA) is 107 Å². The molecular weight excluding hydrogens is 510 g/mol. The summed E-state index contributed by atoms with van der Waals surface area (Å²) in [5, 5.41) is 18.0. The molecule has 0 radical (unpaired) electrons. The van der Waals surface area contributed by atoms with Crippen LogP contribution in [0.3, 0.4) is 0 Å². The van der Waals surface area contributed by atoms with Gasteiger partial charge in [0.1, 0.15) is 39.7 Å². The smallest absolute Gasteiger partial charge is 0.304 e. The zero-order chi connectivity index (χ0) is 27.8. The van der Waals surface area contributed by atoms with E-state index < -0.39 is 35.0 Å². The van der Waals surface area contributed by atoms with E-state index in [9.17, 15) is 23.5 Å². The van der Waals surface area contributed by atoms with Crippen LogP contribution in [0.5, 0.6) is 11.5 Å². The number of hydrogen-bond acceptors (Lipinski definition) is 6. The molecular formula is C28H26F2N4O5. The van der Waals surface area contributed by atoms with Gasteiger partial charge in [0.25, 0.3) is 5.91 Å². The van der Waals surface area contributed by atoms with E-state index in [1.54, 1.807) is 23.9 Å².